The minimum Gasteiger partial charge on any atom is -0.444 e. The highest BCUT2D eigenvalue weighted by Gasteiger charge is 2.47. The predicted molar refractivity (Wildman–Crippen MR) is 171 cm³/mol. The minimum absolute atomic E-state index is 0.0129. The van der Waals surface area contributed by atoms with Gasteiger partial charge in [0.1, 0.15) is 11.2 Å². The molecule has 2 saturated heterocycles. The summed E-state index contributed by atoms with van der Waals surface area (Å²) in [6.45, 7) is 16.8. The molecule has 43 heavy (non-hydrogen) atoms. The van der Waals surface area contributed by atoms with E-state index < -0.39 is 22.0 Å². The van der Waals surface area contributed by atoms with Gasteiger partial charge in [-0.1, -0.05) is 49.9 Å². The Bertz CT molecular complexity index is 1180. The summed E-state index contributed by atoms with van der Waals surface area (Å²) >= 11 is 17.7. The summed E-state index contributed by atoms with van der Waals surface area (Å²) in [6.07, 6.45) is 3.68. The fraction of sp³-hybridized carbons (Fsp3) is 0.688. The SMILES string of the molecule is CCC[C@]1(C(=O)Cl)CCN(C(=O)OC(C)(C)C)C1.CCC[C@]1(C(=O)c2ccc(Cl)c(Cl)c2)CCN(C(=O)OC(C)(C)C)C1. The van der Waals surface area contributed by atoms with Gasteiger partial charge in [-0.15, -0.1) is 0 Å². The van der Waals surface area contributed by atoms with Crippen LogP contribution in [0.5, 0.6) is 0 Å². The van der Waals surface area contributed by atoms with Crippen LogP contribution in [0.4, 0.5) is 9.59 Å². The molecule has 8 nitrogen and oxygen atoms in total. The molecule has 2 amide bonds. The Kier molecular flexibility index (Phi) is 12.8. The van der Waals surface area contributed by atoms with E-state index in [4.69, 9.17) is 44.3 Å². The summed E-state index contributed by atoms with van der Waals surface area (Å²) in [4.78, 5) is 52.3. The molecule has 3 rings (SSSR count). The Labute approximate surface area is 271 Å². The van der Waals surface area contributed by atoms with Crippen molar-refractivity contribution in [3.63, 3.8) is 0 Å². The molecule has 1 aromatic rings. The average Bonchev–Trinajstić information content (AvgIpc) is 3.51. The zero-order chi connectivity index (χ0) is 32.8. The van der Waals surface area contributed by atoms with E-state index in [-0.39, 0.29) is 23.2 Å². The zero-order valence-corrected chi connectivity index (χ0v) is 29.0. The molecule has 1 aromatic carbocycles. The van der Waals surface area contributed by atoms with Gasteiger partial charge >= 0.3 is 12.2 Å². The summed E-state index contributed by atoms with van der Waals surface area (Å²) in [5, 5.41) is 0.445. The Hall–Kier alpha value is -2.03. The monoisotopic (exact) mass is 660 g/mol. The molecule has 2 heterocycles. The number of Topliss-reactive ketones (excluding diaryl/α,β-unsaturated/α-hetero) is 1. The molecule has 11 heteroatoms. The van der Waals surface area contributed by atoms with E-state index in [1.165, 1.54) is 0 Å². The molecule has 2 aliphatic heterocycles. The molecule has 2 aliphatic rings. The number of hydrogen-bond acceptors (Lipinski definition) is 6. The van der Waals surface area contributed by atoms with E-state index in [0.717, 1.165) is 12.8 Å². The molecule has 242 valence electrons. The molecule has 0 radical (unpaired) electrons. The van der Waals surface area contributed by atoms with Gasteiger partial charge in [0.15, 0.2) is 5.78 Å². The molecular weight excluding hydrogens is 615 g/mol. The molecule has 0 bridgehead atoms. The number of carbonyl (C=O) groups is 4. The van der Waals surface area contributed by atoms with Gasteiger partial charge < -0.3 is 19.3 Å². The van der Waals surface area contributed by atoms with E-state index >= 15 is 0 Å². The number of halogens is 3. The number of hydrogen-bond donors (Lipinski definition) is 0. The number of benzene rings is 1. The maximum absolute atomic E-state index is 13.2. The molecule has 0 aromatic heterocycles. The van der Waals surface area contributed by atoms with Gasteiger partial charge in [-0.25, -0.2) is 9.59 Å². The van der Waals surface area contributed by atoms with Crippen molar-refractivity contribution < 1.29 is 28.7 Å². The number of ketones is 1. The van der Waals surface area contributed by atoms with Crippen molar-refractivity contribution in [3.05, 3.63) is 33.8 Å². The van der Waals surface area contributed by atoms with Crippen LogP contribution in [0.2, 0.25) is 10.0 Å². The van der Waals surface area contributed by atoms with Crippen LogP contribution < -0.4 is 0 Å². The van der Waals surface area contributed by atoms with Crippen molar-refractivity contribution in [1.29, 1.82) is 0 Å². The lowest BCUT2D eigenvalue weighted by molar-refractivity contribution is -0.120. The summed E-state index contributed by atoms with van der Waals surface area (Å²) in [5.41, 5.74) is -1.71. The maximum atomic E-state index is 13.2. The lowest BCUT2D eigenvalue weighted by Gasteiger charge is -2.29. The van der Waals surface area contributed by atoms with Crippen molar-refractivity contribution >= 4 is 58.0 Å². The van der Waals surface area contributed by atoms with Crippen molar-refractivity contribution in [2.24, 2.45) is 10.8 Å². The van der Waals surface area contributed by atoms with Crippen LogP contribution in [-0.2, 0) is 14.3 Å². The first-order valence-corrected chi connectivity index (χ1v) is 16.1. The smallest absolute Gasteiger partial charge is 0.410 e. The fourth-order valence-corrected chi connectivity index (χ4v) is 6.12. The second-order valence-corrected chi connectivity index (χ2v) is 14.8. The number of likely N-dealkylation sites (tertiary alicyclic amines) is 2. The normalized spacial score (nSPS) is 22.1. The van der Waals surface area contributed by atoms with Crippen LogP contribution in [0.25, 0.3) is 0 Å². The first-order chi connectivity index (χ1) is 19.8. The molecule has 2 atom stereocenters. The van der Waals surface area contributed by atoms with Crippen molar-refractivity contribution in [2.75, 3.05) is 26.2 Å². The highest BCUT2D eigenvalue weighted by Crippen LogP contribution is 2.40. The Morgan fingerprint density at radius 3 is 1.63 bits per heavy atom. The molecular formula is C32H47Cl3N2O6. The number of ether oxygens (including phenoxy) is 2. The number of amides is 2. The van der Waals surface area contributed by atoms with Gasteiger partial charge in [0.2, 0.25) is 5.24 Å². The van der Waals surface area contributed by atoms with E-state index in [2.05, 4.69) is 0 Å². The van der Waals surface area contributed by atoms with Gasteiger partial charge in [0.05, 0.1) is 20.9 Å². The van der Waals surface area contributed by atoms with E-state index in [1.54, 1.807) is 28.0 Å². The van der Waals surface area contributed by atoms with Gasteiger partial charge in [0.25, 0.3) is 0 Å². The summed E-state index contributed by atoms with van der Waals surface area (Å²) in [6, 6.07) is 4.95. The fourth-order valence-electron chi connectivity index (χ4n) is 5.58. The third-order valence-corrected chi connectivity index (χ3v) is 8.69. The largest absolute Gasteiger partial charge is 0.444 e. The third-order valence-electron chi connectivity index (χ3n) is 7.55. The molecule has 0 aliphatic carbocycles. The molecule has 0 unspecified atom stereocenters. The maximum Gasteiger partial charge on any atom is 0.410 e. The second-order valence-electron chi connectivity index (χ2n) is 13.6. The van der Waals surface area contributed by atoms with Crippen molar-refractivity contribution in [2.45, 2.75) is 105 Å². The molecule has 2 fully saturated rings. The molecule has 0 N–H and O–H groups in total. The lowest BCUT2D eigenvalue weighted by Crippen LogP contribution is -2.39. The first-order valence-electron chi connectivity index (χ1n) is 14.9. The van der Waals surface area contributed by atoms with Gasteiger partial charge in [-0.05, 0) is 97.0 Å². The van der Waals surface area contributed by atoms with E-state index in [0.29, 0.717) is 67.5 Å². The standard InChI is InChI=1S/C19H25Cl2NO3.C13H22ClNO3/c1-5-8-19(16(23)13-6-7-14(20)15(21)11-13)9-10-22(12-19)17(24)25-18(2,3)4;1-5-6-13(10(14)16)7-8-15(9-13)11(17)18-12(2,3)4/h6-7,11H,5,8-10,12H2,1-4H3;5-9H2,1-4H3/t19-;13-/m00/s1. The molecule has 0 spiro atoms. The number of nitrogens with zero attached hydrogens (tertiary/aromatic N) is 2. The Morgan fingerprint density at radius 2 is 1.21 bits per heavy atom. The Morgan fingerprint density at radius 1 is 0.767 bits per heavy atom. The topological polar surface area (TPSA) is 93.2 Å². The number of rotatable bonds is 7. The quantitative estimate of drug-likeness (QED) is 0.214. The van der Waals surface area contributed by atoms with E-state index in [1.807, 2.05) is 55.4 Å². The van der Waals surface area contributed by atoms with Crippen LogP contribution in [0.15, 0.2) is 18.2 Å². The van der Waals surface area contributed by atoms with Gasteiger partial charge in [-0.2, -0.15) is 0 Å². The van der Waals surface area contributed by atoms with Crippen LogP contribution in [0.3, 0.4) is 0 Å². The zero-order valence-electron chi connectivity index (χ0n) is 26.8. The lowest BCUT2D eigenvalue weighted by atomic mass is 9.76. The third kappa shape index (κ3) is 10.3. The van der Waals surface area contributed by atoms with Crippen LogP contribution >= 0.6 is 34.8 Å². The Balaban J connectivity index is 0.000000317. The number of carbonyl (C=O) groups excluding carboxylic acids is 4. The van der Waals surface area contributed by atoms with Gasteiger partial charge in [-0.3, -0.25) is 9.59 Å². The summed E-state index contributed by atoms with van der Waals surface area (Å²) < 4.78 is 10.8. The second kappa shape index (κ2) is 14.8. The van der Waals surface area contributed by atoms with Crippen molar-refractivity contribution in [1.82, 2.24) is 9.80 Å². The van der Waals surface area contributed by atoms with Gasteiger partial charge in [0, 0.05) is 31.7 Å². The highest BCUT2D eigenvalue weighted by atomic mass is 35.5. The predicted octanol–water partition coefficient (Wildman–Crippen LogP) is 8.78. The van der Waals surface area contributed by atoms with E-state index in [9.17, 15) is 19.2 Å². The van der Waals surface area contributed by atoms with Crippen LogP contribution in [0.1, 0.15) is 104 Å². The molecule has 0 saturated carbocycles. The summed E-state index contributed by atoms with van der Waals surface area (Å²) in [5.74, 6) is 0.0129. The summed E-state index contributed by atoms with van der Waals surface area (Å²) in [7, 11) is 0. The first kappa shape index (κ1) is 37.2. The highest BCUT2D eigenvalue weighted by molar-refractivity contribution is 6.64. The van der Waals surface area contributed by atoms with Crippen LogP contribution in [0, 0.1) is 10.8 Å². The minimum atomic E-state index is -0.594. The average molecular weight is 662 g/mol. The van der Waals surface area contributed by atoms with Crippen molar-refractivity contribution in [3.8, 4) is 0 Å². The van der Waals surface area contributed by atoms with Crippen LogP contribution in [-0.4, -0.2) is 70.4 Å².